The second kappa shape index (κ2) is 4.16. The van der Waals surface area contributed by atoms with Crippen molar-refractivity contribution < 1.29 is 14.6 Å². The first-order valence-corrected chi connectivity index (χ1v) is 5.24. The van der Waals surface area contributed by atoms with Crippen molar-refractivity contribution in [2.75, 3.05) is 0 Å². The molecule has 1 aromatic carbocycles. The van der Waals surface area contributed by atoms with Gasteiger partial charge in [-0.1, -0.05) is 17.7 Å². The van der Waals surface area contributed by atoms with Gasteiger partial charge in [0, 0.05) is 0 Å². The summed E-state index contributed by atoms with van der Waals surface area (Å²) in [6.07, 6.45) is 0. The molecule has 1 N–H and O–H groups in total. The van der Waals surface area contributed by atoms with Gasteiger partial charge in [-0.15, -0.1) is 0 Å². The SMILES string of the molecule is Cc1cc(C)c(OC(C)(C)C(=O)O)c(C)c1. The molecule has 0 aliphatic heterocycles. The van der Waals surface area contributed by atoms with E-state index in [9.17, 15) is 4.79 Å². The molecule has 16 heavy (non-hydrogen) atoms. The first-order valence-electron chi connectivity index (χ1n) is 5.24. The molecule has 1 rings (SSSR count). The molecular formula is C13H18O3. The number of benzene rings is 1. The predicted octanol–water partition coefficient (Wildman–Crippen LogP) is 2.85. The number of carboxylic acids is 1. The van der Waals surface area contributed by atoms with Gasteiger partial charge >= 0.3 is 5.97 Å². The fourth-order valence-corrected chi connectivity index (χ4v) is 1.63. The Kier molecular flexibility index (Phi) is 3.27. The minimum Gasteiger partial charge on any atom is -0.478 e. The first kappa shape index (κ1) is 12.6. The number of carbonyl (C=O) groups is 1. The quantitative estimate of drug-likeness (QED) is 0.855. The highest BCUT2D eigenvalue weighted by Crippen LogP contribution is 2.28. The van der Waals surface area contributed by atoms with Gasteiger partial charge in [-0.25, -0.2) is 4.79 Å². The summed E-state index contributed by atoms with van der Waals surface area (Å²) in [7, 11) is 0. The highest BCUT2D eigenvalue weighted by molar-refractivity contribution is 5.77. The first-order chi connectivity index (χ1) is 7.24. The van der Waals surface area contributed by atoms with Crippen molar-refractivity contribution in [3.8, 4) is 5.75 Å². The van der Waals surface area contributed by atoms with E-state index in [1.165, 1.54) is 0 Å². The lowest BCUT2D eigenvalue weighted by molar-refractivity contribution is -0.152. The van der Waals surface area contributed by atoms with Crippen LogP contribution in [0, 0.1) is 20.8 Å². The number of hydrogen-bond acceptors (Lipinski definition) is 2. The summed E-state index contributed by atoms with van der Waals surface area (Å²) in [4.78, 5) is 11.0. The smallest absolute Gasteiger partial charge is 0.347 e. The Labute approximate surface area is 96.1 Å². The zero-order chi connectivity index (χ0) is 12.5. The third-order valence-corrected chi connectivity index (χ3v) is 2.48. The van der Waals surface area contributed by atoms with Gasteiger partial charge in [0.1, 0.15) is 5.75 Å². The zero-order valence-corrected chi connectivity index (χ0v) is 10.4. The van der Waals surface area contributed by atoms with E-state index in [2.05, 4.69) is 0 Å². The molecule has 0 heterocycles. The van der Waals surface area contributed by atoms with Gasteiger partial charge in [0.05, 0.1) is 0 Å². The average Bonchev–Trinajstić information content (AvgIpc) is 2.11. The number of aryl methyl sites for hydroxylation is 3. The number of aliphatic carboxylic acids is 1. The van der Waals surface area contributed by atoms with Gasteiger partial charge in [-0.05, 0) is 45.7 Å². The summed E-state index contributed by atoms with van der Waals surface area (Å²) in [5, 5.41) is 9.01. The normalized spacial score (nSPS) is 11.3. The molecule has 0 amide bonds. The molecule has 0 aromatic heterocycles. The summed E-state index contributed by atoms with van der Waals surface area (Å²) in [5.41, 5.74) is 1.87. The average molecular weight is 222 g/mol. The zero-order valence-electron chi connectivity index (χ0n) is 10.4. The van der Waals surface area contributed by atoms with Crippen molar-refractivity contribution in [3.63, 3.8) is 0 Å². The highest BCUT2D eigenvalue weighted by atomic mass is 16.5. The van der Waals surface area contributed by atoms with E-state index in [4.69, 9.17) is 9.84 Å². The van der Waals surface area contributed by atoms with E-state index < -0.39 is 11.6 Å². The van der Waals surface area contributed by atoms with Crippen LogP contribution in [-0.4, -0.2) is 16.7 Å². The summed E-state index contributed by atoms with van der Waals surface area (Å²) in [6.45, 7) is 8.95. The van der Waals surface area contributed by atoms with Gasteiger partial charge in [-0.3, -0.25) is 0 Å². The van der Waals surface area contributed by atoms with Gasteiger partial charge in [0.2, 0.25) is 0 Å². The Morgan fingerprint density at radius 2 is 1.62 bits per heavy atom. The van der Waals surface area contributed by atoms with Gasteiger partial charge < -0.3 is 9.84 Å². The van der Waals surface area contributed by atoms with Crippen LogP contribution < -0.4 is 4.74 Å². The van der Waals surface area contributed by atoms with Gasteiger partial charge in [0.15, 0.2) is 5.60 Å². The molecule has 0 saturated carbocycles. The van der Waals surface area contributed by atoms with Crippen molar-refractivity contribution in [1.29, 1.82) is 0 Å². The molecule has 3 nitrogen and oxygen atoms in total. The lowest BCUT2D eigenvalue weighted by Gasteiger charge is -2.24. The third-order valence-electron chi connectivity index (χ3n) is 2.48. The molecule has 3 heteroatoms. The van der Waals surface area contributed by atoms with Crippen LogP contribution in [0.1, 0.15) is 30.5 Å². The molecular weight excluding hydrogens is 204 g/mol. The predicted molar refractivity (Wildman–Crippen MR) is 63.0 cm³/mol. The number of carboxylic acid groups (broad SMARTS) is 1. The van der Waals surface area contributed by atoms with Crippen LogP contribution in [0.2, 0.25) is 0 Å². The van der Waals surface area contributed by atoms with Gasteiger partial charge in [0.25, 0.3) is 0 Å². The minimum absolute atomic E-state index is 0.665. The van der Waals surface area contributed by atoms with Crippen LogP contribution in [0.25, 0.3) is 0 Å². The highest BCUT2D eigenvalue weighted by Gasteiger charge is 2.30. The molecule has 0 fully saturated rings. The van der Waals surface area contributed by atoms with Crippen LogP contribution in [-0.2, 0) is 4.79 Å². The van der Waals surface area contributed by atoms with E-state index >= 15 is 0 Å². The maximum Gasteiger partial charge on any atom is 0.347 e. The maximum absolute atomic E-state index is 11.0. The van der Waals surface area contributed by atoms with Crippen LogP contribution >= 0.6 is 0 Å². The lowest BCUT2D eigenvalue weighted by atomic mass is 10.1. The molecule has 0 radical (unpaired) electrons. The van der Waals surface area contributed by atoms with Crippen molar-refractivity contribution in [2.45, 2.75) is 40.2 Å². The van der Waals surface area contributed by atoms with Crippen LogP contribution in [0.5, 0.6) is 5.75 Å². The molecule has 0 atom stereocenters. The Morgan fingerprint density at radius 1 is 1.19 bits per heavy atom. The minimum atomic E-state index is -1.20. The molecule has 0 aliphatic rings. The standard InChI is InChI=1S/C13H18O3/c1-8-6-9(2)11(10(3)7-8)16-13(4,5)12(14)15/h6-7H,1-5H3,(H,14,15). The molecule has 0 saturated heterocycles. The fraction of sp³-hybridized carbons (Fsp3) is 0.462. The Bertz CT molecular complexity index is 396. The summed E-state index contributed by atoms with van der Waals surface area (Å²) >= 11 is 0. The molecule has 1 aromatic rings. The summed E-state index contributed by atoms with van der Waals surface area (Å²) in [5.74, 6) is -0.301. The third kappa shape index (κ3) is 2.54. The van der Waals surface area contributed by atoms with E-state index in [0.717, 1.165) is 16.7 Å². The van der Waals surface area contributed by atoms with Crippen molar-refractivity contribution in [1.82, 2.24) is 0 Å². The van der Waals surface area contributed by atoms with Crippen molar-refractivity contribution in [3.05, 3.63) is 28.8 Å². The van der Waals surface area contributed by atoms with E-state index in [-0.39, 0.29) is 0 Å². The Balaban J connectivity index is 3.11. The van der Waals surface area contributed by atoms with E-state index in [0.29, 0.717) is 5.75 Å². The maximum atomic E-state index is 11.0. The second-order valence-corrected chi connectivity index (χ2v) is 4.65. The molecule has 0 unspecified atom stereocenters. The van der Waals surface area contributed by atoms with Crippen molar-refractivity contribution >= 4 is 5.97 Å². The Hall–Kier alpha value is -1.51. The van der Waals surface area contributed by atoms with Gasteiger partial charge in [-0.2, -0.15) is 0 Å². The summed E-state index contributed by atoms with van der Waals surface area (Å²) < 4.78 is 5.58. The van der Waals surface area contributed by atoms with Crippen LogP contribution in [0.3, 0.4) is 0 Å². The molecule has 0 aliphatic carbocycles. The number of ether oxygens (including phenoxy) is 1. The number of rotatable bonds is 3. The topological polar surface area (TPSA) is 46.5 Å². The molecule has 88 valence electrons. The monoisotopic (exact) mass is 222 g/mol. The van der Waals surface area contributed by atoms with Crippen LogP contribution in [0.4, 0.5) is 0 Å². The largest absolute Gasteiger partial charge is 0.478 e. The molecule has 0 spiro atoms. The lowest BCUT2D eigenvalue weighted by Crippen LogP contribution is -2.38. The van der Waals surface area contributed by atoms with E-state index in [1.807, 2.05) is 32.9 Å². The Morgan fingerprint density at radius 3 is 2.00 bits per heavy atom. The van der Waals surface area contributed by atoms with Crippen molar-refractivity contribution in [2.24, 2.45) is 0 Å². The summed E-state index contributed by atoms with van der Waals surface area (Å²) in [6, 6.07) is 3.97. The second-order valence-electron chi connectivity index (χ2n) is 4.65. The van der Waals surface area contributed by atoms with Crippen LogP contribution in [0.15, 0.2) is 12.1 Å². The number of hydrogen-bond donors (Lipinski definition) is 1. The van der Waals surface area contributed by atoms with E-state index in [1.54, 1.807) is 13.8 Å². The molecule has 0 bridgehead atoms. The fourth-order valence-electron chi connectivity index (χ4n) is 1.63.